The van der Waals surface area contributed by atoms with Gasteiger partial charge in [-0.1, -0.05) is 0 Å². The van der Waals surface area contributed by atoms with Gasteiger partial charge in [0.25, 0.3) is 5.69 Å². The highest BCUT2D eigenvalue weighted by molar-refractivity contribution is 5.90. The molecule has 0 aliphatic heterocycles. The van der Waals surface area contributed by atoms with Gasteiger partial charge < -0.3 is 9.64 Å². The Balaban J connectivity index is 2.75. The normalized spacial score (nSPS) is 10.4. The summed E-state index contributed by atoms with van der Waals surface area (Å²) in [6.45, 7) is 0. The van der Waals surface area contributed by atoms with Gasteiger partial charge in [-0.3, -0.25) is 10.1 Å². The zero-order valence-electron chi connectivity index (χ0n) is 10.4. The molecular formula is C12H13N3O3. The minimum Gasteiger partial charge on any atom is -0.496 e. The number of nitro groups is 1. The third-order valence-corrected chi connectivity index (χ3v) is 2.62. The summed E-state index contributed by atoms with van der Waals surface area (Å²) in [5, 5.41) is 11.7. The molecule has 0 unspecified atom stereocenters. The Hall–Kier alpha value is -2.37. The van der Waals surface area contributed by atoms with Crippen LogP contribution in [-0.4, -0.2) is 31.1 Å². The first-order valence-electron chi connectivity index (χ1n) is 5.33. The third-order valence-electron chi connectivity index (χ3n) is 2.62. The van der Waals surface area contributed by atoms with Gasteiger partial charge in [-0.05, 0) is 18.2 Å². The van der Waals surface area contributed by atoms with E-state index < -0.39 is 4.92 Å². The average Bonchev–Trinajstić information content (AvgIpc) is 2.36. The molecule has 6 nitrogen and oxygen atoms in total. The molecule has 0 N–H and O–H groups in total. The number of anilines is 1. The van der Waals surface area contributed by atoms with Crippen LogP contribution in [0, 0.1) is 10.1 Å². The van der Waals surface area contributed by atoms with Crippen LogP contribution < -0.4 is 9.64 Å². The highest BCUT2D eigenvalue weighted by Gasteiger charge is 2.16. The molecule has 0 spiro atoms. The van der Waals surface area contributed by atoms with Crippen molar-refractivity contribution in [3.8, 4) is 5.75 Å². The number of hydrogen-bond donors (Lipinski definition) is 0. The Morgan fingerprint density at radius 2 is 2.06 bits per heavy atom. The van der Waals surface area contributed by atoms with Gasteiger partial charge in [0, 0.05) is 19.5 Å². The predicted octanol–water partition coefficient (Wildman–Crippen LogP) is 2.22. The number of hydrogen-bond acceptors (Lipinski definition) is 5. The van der Waals surface area contributed by atoms with Crippen LogP contribution in [0.15, 0.2) is 24.3 Å². The molecular weight excluding hydrogens is 234 g/mol. The summed E-state index contributed by atoms with van der Waals surface area (Å²) < 4.78 is 5.05. The van der Waals surface area contributed by atoms with Gasteiger partial charge in [0.1, 0.15) is 11.6 Å². The minimum atomic E-state index is -0.447. The number of rotatable bonds is 3. The second kappa shape index (κ2) is 4.48. The number of fused-ring (bicyclic) bond motifs is 1. The molecule has 0 atom stereocenters. The molecule has 6 heteroatoms. The SMILES string of the molecule is COc1cc([N+](=O)[O-])c2nc(N(C)C)ccc2c1. The van der Waals surface area contributed by atoms with Crippen molar-refractivity contribution >= 4 is 22.4 Å². The monoisotopic (exact) mass is 247 g/mol. The van der Waals surface area contributed by atoms with Gasteiger partial charge in [-0.2, -0.15) is 0 Å². The molecule has 0 aliphatic rings. The topological polar surface area (TPSA) is 68.5 Å². The minimum absolute atomic E-state index is 0.0481. The lowest BCUT2D eigenvalue weighted by Gasteiger charge is -2.12. The number of benzene rings is 1. The fraction of sp³-hybridized carbons (Fsp3) is 0.250. The maximum absolute atomic E-state index is 11.1. The Kier molecular flexibility index (Phi) is 3.01. The van der Waals surface area contributed by atoms with E-state index in [0.717, 1.165) is 0 Å². The summed E-state index contributed by atoms with van der Waals surface area (Å²) in [4.78, 5) is 16.7. The van der Waals surface area contributed by atoms with Crippen molar-refractivity contribution in [2.45, 2.75) is 0 Å². The first kappa shape index (κ1) is 12.1. The molecule has 0 aliphatic carbocycles. The van der Waals surface area contributed by atoms with Crippen LogP contribution in [0.3, 0.4) is 0 Å². The molecule has 0 amide bonds. The Labute approximate surface area is 104 Å². The van der Waals surface area contributed by atoms with Crippen LogP contribution in [0.5, 0.6) is 5.75 Å². The highest BCUT2D eigenvalue weighted by atomic mass is 16.6. The Bertz CT molecular complexity index is 611. The Morgan fingerprint density at radius 3 is 2.61 bits per heavy atom. The number of nitrogens with zero attached hydrogens (tertiary/aromatic N) is 3. The maximum atomic E-state index is 11.1. The molecule has 18 heavy (non-hydrogen) atoms. The smallest absolute Gasteiger partial charge is 0.299 e. The quantitative estimate of drug-likeness (QED) is 0.614. The molecule has 94 valence electrons. The highest BCUT2D eigenvalue weighted by Crippen LogP contribution is 2.30. The third kappa shape index (κ3) is 2.04. The van der Waals surface area contributed by atoms with Crippen LogP contribution >= 0.6 is 0 Å². The van der Waals surface area contributed by atoms with Crippen LogP contribution in [0.2, 0.25) is 0 Å². The Morgan fingerprint density at radius 1 is 1.33 bits per heavy atom. The zero-order valence-corrected chi connectivity index (χ0v) is 10.4. The summed E-state index contributed by atoms with van der Waals surface area (Å²) in [7, 11) is 5.15. The van der Waals surface area contributed by atoms with Crippen molar-refractivity contribution in [1.82, 2.24) is 4.98 Å². The molecule has 0 fully saturated rings. The molecule has 1 aromatic carbocycles. The van der Waals surface area contributed by atoms with E-state index in [1.54, 1.807) is 17.0 Å². The zero-order chi connectivity index (χ0) is 13.3. The average molecular weight is 247 g/mol. The molecule has 2 rings (SSSR count). The molecule has 0 bridgehead atoms. The number of aromatic nitrogens is 1. The summed E-state index contributed by atoms with van der Waals surface area (Å²) in [6.07, 6.45) is 0. The first-order valence-corrected chi connectivity index (χ1v) is 5.33. The number of ether oxygens (including phenoxy) is 1. The van der Waals surface area contributed by atoms with E-state index in [2.05, 4.69) is 4.98 Å². The van der Waals surface area contributed by atoms with Gasteiger partial charge >= 0.3 is 0 Å². The molecule has 1 aromatic heterocycles. The maximum Gasteiger partial charge on any atom is 0.299 e. The predicted molar refractivity (Wildman–Crippen MR) is 69.3 cm³/mol. The van der Waals surface area contributed by atoms with Gasteiger partial charge in [0.05, 0.1) is 18.1 Å². The largest absolute Gasteiger partial charge is 0.496 e. The van der Waals surface area contributed by atoms with E-state index in [1.165, 1.54) is 13.2 Å². The first-order chi connectivity index (χ1) is 8.52. The fourth-order valence-electron chi connectivity index (χ4n) is 1.69. The van der Waals surface area contributed by atoms with Crippen molar-refractivity contribution in [2.75, 3.05) is 26.1 Å². The molecule has 2 aromatic rings. The van der Waals surface area contributed by atoms with Crippen LogP contribution in [0.4, 0.5) is 11.5 Å². The van der Waals surface area contributed by atoms with E-state index in [9.17, 15) is 10.1 Å². The molecule has 1 heterocycles. The van der Waals surface area contributed by atoms with Gasteiger partial charge in [-0.25, -0.2) is 4.98 Å². The van der Waals surface area contributed by atoms with Crippen LogP contribution in [-0.2, 0) is 0 Å². The number of non-ortho nitro benzene ring substituents is 1. The van der Waals surface area contributed by atoms with Crippen molar-refractivity contribution < 1.29 is 9.66 Å². The summed E-state index contributed by atoms with van der Waals surface area (Å²) in [5.41, 5.74) is 0.319. The van der Waals surface area contributed by atoms with Crippen molar-refractivity contribution in [1.29, 1.82) is 0 Å². The fourth-order valence-corrected chi connectivity index (χ4v) is 1.69. The van der Waals surface area contributed by atoms with Gasteiger partial charge in [0.2, 0.25) is 0 Å². The second-order valence-electron chi connectivity index (χ2n) is 4.04. The van der Waals surface area contributed by atoms with Crippen molar-refractivity contribution in [2.24, 2.45) is 0 Å². The van der Waals surface area contributed by atoms with E-state index in [1.807, 2.05) is 20.2 Å². The van der Waals surface area contributed by atoms with E-state index in [4.69, 9.17) is 4.74 Å². The number of pyridine rings is 1. The van der Waals surface area contributed by atoms with Crippen molar-refractivity contribution in [3.05, 3.63) is 34.4 Å². The lowest BCUT2D eigenvalue weighted by atomic mass is 10.1. The molecule has 0 radical (unpaired) electrons. The number of methoxy groups -OCH3 is 1. The standard InChI is InChI=1S/C12H13N3O3/c1-14(2)11-5-4-8-6-9(18-3)7-10(15(16)17)12(8)13-11/h4-7H,1-3H3. The van der Waals surface area contributed by atoms with Gasteiger partial charge in [0.15, 0.2) is 5.52 Å². The van der Waals surface area contributed by atoms with E-state index in [-0.39, 0.29) is 5.69 Å². The summed E-state index contributed by atoms with van der Waals surface area (Å²) >= 11 is 0. The molecule has 0 saturated carbocycles. The van der Waals surface area contributed by atoms with E-state index >= 15 is 0 Å². The van der Waals surface area contributed by atoms with Crippen LogP contribution in [0.25, 0.3) is 10.9 Å². The second-order valence-corrected chi connectivity index (χ2v) is 4.04. The lowest BCUT2D eigenvalue weighted by Crippen LogP contribution is -2.10. The van der Waals surface area contributed by atoms with Gasteiger partial charge in [-0.15, -0.1) is 0 Å². The van der Waals surface area contributed by atoms with Crippen molar-refractivity contribution in [3.63, 3.8) is 0 Å². The van der Waals surface area contributed by atoms with Crippen LogP contribution in [0.1, 0.15) is 0 Å². The lowest BCUT2D eigenvalue weighted by molar-refractivity contribution is -0.383. The summed E-state index contributed by atoms with van der Waals surface area (Å²) in [6, 6.07) is 6.72. The number of nitro benzene ring substituents is 1. The van der Waals surface area contributed by atoms with E-state index in [0.29, 0.717) is 22.5 Å². The summed E-state index contributed by atoms with van der Waals surface area (Å²) in [5.74, 6) is 1.13. The molecule has 0 saturated heterocycles.